The molecule has 0 atom stereocenters. The van der Waals surface area contributed by atoms with Crippen molar-refractivity contribution in [1.82, 2.24) is 4.72 Å². The number of sulfonamides is 1. The van der Waals surface area contributed by atoms with E-state index in [1.54, 1.807) is 12.1 Å². The highest BCUT2D eigenvalue weighted by molar-refractivity contribution is 9.10. The lowest BCUT2D eigenvalue weighted by Crippen LogP contribution is -2.29. The topological polar surface area (TPSA) is 55.4 Å². The van der Waals surface area contributed by atoms with E-state index in [4.69, 9.17) is 4.74 Å². The van der Waals surface area contributed by atoms with Crippen molar-refractivity contribution in [3.8, 4) is 5.75 Å². The maximum absolute atomic E-state index is 13.6. The molecule has 118 valence electrons. The molecule has 2 rings (SSSR count). The van der Waals surface area contributed by atoms with Gasteiger partial charge in [0.05, 0.1) is 0 Å². The van der Waals surface area contributed by atoms with Crippen LogP contribution in [0.25, 0.3) is 0 Å². The van der Waals surface area contributed by atoms with Crippen LogP contribution in [-0.4, -0.2) is 21.6 Å². The molecule has 0 spiro atoms. The normalized spacial score (nSPS) is 11.4. The van der Waals surface area contributed by atoms with Crippen molar-refractivity contribution >= 4 is 26.0 Å². The number of rotatable bonds is 6. The van der Waals surface area contributed by atoms with Gasteiger partial charge >= 0.3 is 0 Å². The molecular formula is C15H15BrFNO3S. The lowest BCUT2D eigenvalue weighted by molar-refractivity contribution is 0.322. The summed E-state index contributed by atoms with van der Waals surface area (Å²) in [5.74, 6) is -0.145. The molecular weight excluding hydrogens is 373 g/mol. The average molecular weight is 388 g/mol. The minimum absolute atomic E-state index is 0.0438. The molecule has 0 aliphatic rings. The van der Waals surface area contributed by atoms with Gasteiger partial charge in [-0.15, -0.1) is 0 Å². The zero-order valence-electron chi connectivity index (χ0n) is 11.8. The summed E-state index contributed by atoms with van der Waals surface area (Å²) in [5, 5.41) is 0. The molecule has 2 aromatic rings. The summed E-state index contributed by atoms with van der Waals surface area (Å²) in [6, 6.07) is 11.2. The van der Waals surface area contributed by atoms with E-state index in [0.29, 0.717) is 10.2 Å². The fourth-order valence-corrected chi connectivity index (χ4v) is 3.37. The minimum Gasteiger partial charge on any atom is -0.492 e. The third-order valence-electron chi connectivity index (χ3n) is 2.87. The largest absolute Gasteiger partial charge is 0.492 e. The summed E-state index contributed by atoms with van der Waals surface area (Å²) in [6.45, 7) is 2.16. The first kappa shape index (κ1) is 16.9. The van der Waals surface area contributed by atoms with Crippen molar-refractivity contribution in [1.29, 1.82) is 0 Å². The predicted molar refractivity (Wildman–Crippen MR) is 86.0 cm³/mol. The lowest BCUT2D eigenvalue weighted by atomic mass is 10.2. The first-order valence-corrected chi connectivity index (χ1v) is 8.80. The van der Waals surface area contributed by atoms with Crippen LogP contribution in [0.3, 0.4) is 0 Å². The molecule has 7 heteroatoms. The Morgan fingerprint density at radius 3 is 2.55 bits per heavy atom. The van der Waals surface area contributed by atoms with Gasteiger partial charge < -0.3 is 4.74 Å². The van der Waals surface area contributed by atoms with Gasteiger partial charge in [0.2, 0.25) is 10.0 Å². The highest BCUT2D eigenvalue weighted by Gasteiger charge is 2.18. The number of ether oxygens (including phenoxy) is 1. The summed E-state index contributed by atoms with van der Waals surface area (Å²) in [5.41, 5.74) is 1.11. The molecule has 4 nitrogen and oxygen atoms in total. The monoisotopic (exact) mass is 387 g/mol. The second-order valence-corrected chi connectivity index (χ2v) is 7.29. The Morgan fingerprint density at radius 2 is 1.86 bits per heavy atom. The molecule has 0 amide bonds. The second kappa shape index (κ2) is 7.21. The zero-order valence-corrected chi connectivity index (χ0v) is 14.2. The van der Waals surface area contributed by atoms with Crippen molar-refractivity contribution in [3.05, 3.63) is 58.3 Å². The molecule has 0 aromatic heterocycles. The van der Waals surface area contributed by atoms with Gasteiger partial charge in [-0.2, -0.15) is 0 Å². The molecule has 0 aliphatic heterocycles. The first-order chi connectivity index (χ1) is 10.4. The van der Waals surface area contributed by atoms with Crippen LogP contribution >= 0.6 is 15.9 Å². The summed E-state index contributed by atoms with van der Waals surface area (Å²) < 4.78 is 45.9. The third-order valence-corrected chi connectivity index (χ3v) is 4.84. The fourth-order valence-electron chi connectivity index (χ4n) is 1.74. The van der Waals surface area contributed by atoms with E-state index in [0.717, 1.165) is 11.6 Å². The zero-order chi connectivity index (χ0) is 16.2. The van der Waals surface area contributed by atoms with Crippen LogP contribution in [0.1, 0.15) is 5.56 Å². The Labute approximate surface area is 137 Å². The van der Waals surface area contributed by atoms with Gasteiger partial charge in [0.1, 0.15) is 23.1 Å². The van der Waals surface area contributed by atoms with Gasteiger partial charge in [0.25, 0.3) is 0 Å². The quantitative estimate of drug-likeness (QED) is 0.773. The maximum atomic E-state index is 13.6. The molecule has 0 bridgehead atoms. The number of benzene rings is 2. The number of hydrogen-bond donors (Lipinski definition) is 1. The van der Waals surface area contributed by atoms with Crippen molar-refractivity contribution in [3.63, 3.8) is 0 Å². The molecule has 0 aliphatic carbocycles. The second-order valence-electron chi connectivity index (χ2n) is 4.63. The highest BCUT2D eigenvalue weighted by Crippen LogP contribution is 2.19. The van der Waals surface area contributed by atoms with Crippen LogP contribution in [0.2, 0.25) is 0 Å². The Bertz CT molecular complexity index is 748. The minimum atomic E-state index is -3.91. The first-order valence-electron chi connectivity index (χ1n) is 6.53. The van der Waals surface area contributed by atoms with Crippen LogP contribution in [0.4, 0.5) is 4.39 Å². The van der Waals surface area contributed by atoms with Crippen molar-refractivity contribution in [2.24, 2.45) is 0 Å². The molecule has 0 heterocycles. The molecule has 1 N–H and O–H groups in total. The van der Waals surface area contributed by atoms with Crippen molar-refractivity contribution in [2.45, 2.75) is 11.8 Å². The van der Waals surface area contributed by atoms with E-state index in [1.807, 2.05) is 19.1 Å². The lowest BCUT2D eigenvalue weighted by Gasteiger charge is -2.09. The van der Waals surface area contributed by atoms with Crippen LogP contribution in [0, 0.1) is 12.7 Å². The SMILES string of the molecule is Cc1ccc(OCCNS(=O)(=O)c2cc(Br)ccc2F)cc1. The van der Waals surface area contributed by atoms with Gasteiger partial charge in [-0.25, -0.2) is 17.5 Å². The Hall–Kier alpha value is -1.44. The Balaban J connectivity index is 1.93. The van der Waals surface area contributed by atoms with E-state index >= 15 is 0 Å². The maximum Gasteiger partial charge on any atom is 0.243 e. The van der Waals surface area contributed by atoms with Crippen LogP contribution in [0.5, 0.6) is 5.75 Å². The number of halogens is 2. The summed E-state index contributed by atoms with van der Waals surface area (Å²) >= 11 is 3.12. The van der Waals surface area contributed by atoms with Gasteiger partial charge in [-0.05, 0) is 37.3 Å². The van der Waals surface area contributed by atoms with E-state index < -0.39 is 20.7 Å². The Morgan fingerprint density at radius 1 is 1.18 bits per heavy atom. The number of aryl methyl sites for hydroxylation is 1. The molecule has 0 fully saturated rings. The fraction of sp³-hybridized carbons (Fsp3) is 0.200. The summed E-state index contributed by atoms with van der Waals surface area (Å²) in [7, 11) is -3.91. The smallest absolute Gasteiger partial charge is 0.243 e. The molecule has 0 saturated heterocycles. The van der Waals surface area contributed by atoms with Crippen molar-refractivity contribution in [2.75, 3.05) is 13.2 Å². The molecule has 0 unspecified atom stereocenters. The van der Waals surface area contributed by atoms with Gasteiger partial charge in [0.15, 0.2) is 0 Å². The van der Waals surface area contributed by atoms with Crippen LogP contribution in [-0.2, 0) is 10.0 Å². The van der Waals surface area contributed by atoms with Gasteiger partial charge in [0, 0.05) is 11.0 Å². The van der Waals surface area contributed by atoms with Crippen LogP contribution < -0.4 is 9.46 Å². The molecule has 0 saturated carbocycles. The summed E-state index contributed by atoms with van der Waals surface area (Å²) in [6.07, 6.45) is 0. The predicted octanol–water partition coefficient (Wildman–Crippen LogP) is 3.25. The van der Waals surface area contributed by atoms with Crippen molar-refractivity contribution < 1.29 is 17.5 Å². The number of hydrogen-bond acceptors (Lipinski definition) is 3. The Kier molecular flexibility index (Phi) is 5.55. The van der Waals surface area contributed by atoms with E-state index in [9.17, 15) is 12.8 Å². The molecule has 2 aromatic carbocycles. The third kappa shape index (κ3) is 4.53. The average Bonchev–Trinajstić information content (AvgIpc) is 2.48. The van der Waals surface area contributed by atoms with E-state index in [1.165, 1.54) is 12.1 Å². The van der Waals surface area contributed by atoms with Crippen LogP contribution in [0.15, 0.2) is 51.8 Å². The van der Waals surface area contributed by atoms with Gasteiger partial charge in [-0.3, -0.25) is 0 Å². The standard InChI is InChI=1S/C15H15BrFNO3S/c1-11-2-5-13(6-3-11)21-9-8-18-22(19,20)15-10-12(16)4-7-14(15)17/h2-7,10,18H,8-9H2,1H3. The molecule has 22 heavy (non-hydrogen) atoms. The van der Waals surface area contributed by atoms with E-state index in [2.05, 4.69) is 20.7 Å². The number of nitrogens with one attached hydrogen (secondary N) is 1. The van der Waals surface area contributed by atoms with E-state index in [-0.39, 0.29) is 13.2 Å². The highest BCUT2D eigenvalue weighted by atomic mass is 79.9. The molecule has 0 radical (unpaired) electrons. The summed E-state index contributed by atoms with van der Waals surface area (Å²) in [4.78, 5) is -0.391. The van der Waals surface area contributed by atoms with Gasteiger partial charge in [-0.1, -0.05) is 33.6 Å².